The Kier molecular flexibility index (Phi) is 6.75. The smallest absolute Gasteiger partial charge is 0.338 e. The first kappa shape index (κ1) is 20.6. The van der Waals surface area contributed by atoms with Crippen LogP contribution in [0.2, 0.25) is 0 Å². The maximum Gasteiger partial charge on any atom is 0.338 e. The van der Waals surface area contributed by atoms with Crippen LogP contribution < -0.4 is 10.5 Å². The first-order valence-electron chi connectivity index (χ1n) is 8.08. The number of ether oxygens (including phenoxy) is 2. The number of nitrogens with zero attached hydrogens (tertiary/aromatic N) is 2. The molecule has 1 heterocycles. The molecule has 1 aromatic rings. The zero-order chi connectivity index (χ0) is 20.0. The molecule has 0 spiro atoms. The lowest BCUT2D eigenvalue weighted by Gasteiger charge is -2.33. The Labute approximate surface area is 156 Å². The molecule has 2 rings (SSSR count). The lowest BCUT2D eigenvalue weighted by Crippen LogP contribution is -2.51. The number of hydrogen-bond donors (Lipinski definition) is 1. The maximum atomic E-state index is 12.1. The van der Waals surface area contributed by atoms with E-state index in [1.54, 1.807) is 12.1 Å². The van der Waals surface area contributed by atoms with Gasteiger partial charge in [-0.1, -0.05) is 6.07 Å². The van der Waals surface area contributed by atoms with Crippen molar-refractivity contribution < 1.29 is 32.3 Å². The van der Waals surface area contributed by atoms with Crippen molar-refractivity contribution in [3.05, 3.63) is 29.8 Å². The van der Waals surface area contributed by atoms with E-state index in [4.69, 9.17) is 15.2 Å². The normalized spacial score (nSPS) is 15.2. The number of rotatable bonds is 7. The third-order valence-corrected chi connectivity index (χ3v) is 5.14. The summed E-state index contributed by atoms with van der Waals surface area (Å²) in [7, 11) is -3.28. The van der Waals surface area contributed by atoms with Gasteiger partial charge < -0.3 is 20.1 Å². The minimum atomic E-state index is -3.28. The standard InChI is InChI=1S/C16H21N3O7S/c1-27(23,24)19-7-5-18(6-8-19)15(21)11-26-16(22)12-3-2-4-13(9-12)25-10-14(17)20/h2-4,9H,5-8,10-11H2,1H3,(H2,17,20). The van der Waals surface area contributed by atoms with Crippen molar-refractivity contribution in [2.24, 2.45) is 5.73 Å². The molecular formula is C16H21N3O7S. The quantitative estimate of drug-likeness (QED) is 0.569. The molecule has 0 saturated carbocycles. The lowest BCUT2D eigenvalue weighted by molar-refractivity contribution is -0.135. The second-order valence-electron chi connectivity index (χ2n) is 5.90. The van der Waals surface area contributed by atoms with Gasteiger partial charge in [0.2, 0.25) is 10.0 Å². The van der Waals surface area contributed by atoms with Crippen LogP contribution in [0, 0.1) is 0 Å². The van der Waals surface area contributed by atoms with E-state index in [0.29, 0.717) is 0 Å². The molecule has 0 unspecified atom stereocenters. The van der Waals surface area contributed by atoms with Crippen LogP contribution in [0.3, 0.4) is 0 Å². The van der Waals surface area contributed by atoms with Gasteiger partial charge >= 0.3 is 5.97 Å². The molecule has 10 nitrogen and oxygen atoms in total. The number of carbonyl (C=O) groups is 3. The van der Waals surface area contributed by atoms with Crippen LogP contribution in [0.4, 0.5) is 0 Å². The van der Waals surface area contributed by atoms with Gasteiger partial charge in [0.1, 0.15) is 5.75 Å². The Morgan fingerprint density at radius 2 is 1.78 bits per heavy atom. The second kappa shape index (κ2) is 8.82. The summed E-state index contributed by atoms with van der Waals surface area (Å²) in [4.78, 5) is 36.4. The molecular weight excluding hydrogens is 378 g/mol. The maximum absolute atomic E-state index is 12.1. The van der Waals surface area contributed by atoms with Crippen LogP contribution >= 0.6 is 0 Å². The number of primary amides is 1. The highest BCUT2D eigenvalue weighted by Crippen LogP contribution is 2.14. The molecule has 2 N–H and O–H groups in total. The zero-order valence-corrected chi connectivity index (χ0v) is 15.6. The molecule has 148 valence electrons. The topological polar surface area (TPSA) is 136 Å². The van der Waals surface area contributed by atoms with Crippen molar-refractivity contribution in [3.8, 4) is 5.75 Å². The molecule has 1 aliphatic heterocycles. The fraction of sp³-hybridized carbons (Fsp3) is 0.438. The van der Waals surface area contributed by atoms with Crippen molar-refractivity contribution >= 4 is 27.8 Å². The van der Waals surface area contributed by atoms with Crippen molar-refractivity contribution in [2.45, 2.75) is 0 Å². The van der Waals surface area contributed by atoms with Crippen molar-refractivity contribution in [1.29, 1.82) is 0 Å². The third kappa shape index (κ3) is 6.22. The number of benzene rings is 1. The number of sulfonamides is 1. The lowest BCUT2D eigenvalue weighted by atomic mass is 10.2. The highest BCUT2D eigenvalue weighted by molar-refractivity contribution is 7.88. The molecule has 11 heteroatoms. The van der Waals surface area contributed by atoms with Crippen LogP contribution in [0.25, 0.3) is 0 Å². The number of piperazine rings is 1. The van der Waals surface area contributed by atoms with Gasteiger partial charge in [0.05, 0.1) is 11.8 Å². The van der Waals surface area contributed by atoms with E-state index in [9.17, 15) is 22.8 Å². The summed E-state index contributed by atoms with van der Waals surface area (Å²) in [6.45, 7) is 0.107. The predicted molar refractivity (Wildman–Crippen MR) is 94.4 cm³/mol. The second-order valence-corrected chi connectivity index (χ2v) is 7.88. The first-order valence-corrected chi connectivity index (χ1v) is 9.93. The Balaban J connectivity index is 1.84. The SMILES string of the molecule is CS(=O)(=O)N1CCN(C(=O)COC(=O)c2cccc(OCC(N)=O)c2)CC1. The van der Waals surface area contributed by atoms with Gasteiger partial charge in [0.25, 0.3) is 11.8 Å². The molecule has 1 saturated heterocycles. The minimum Gasteiger partial charge on any atom is -0.484 e. The summed E-state index contributed by atoms with van der Waals surface area (Å²) >= 11 is 0. The molecule has 1 aromatic carbocycles. The molecule has 0 atom stereocenters. The van der Waals surface area contributed by atoms with E-state index in [1.165, 1.54) is 21.3 Å². The fourth-order valence-corrected chi connectivity index (χ4v) is 3.26. The summed E-state index contributed by atoms with van der Waals surface area (Å²) in [5.41, 5.74) is 5.15. The predicted octanol–water partition coefficient (Wildman–Crippen LogP) is -1.19. The average Bonchev–Trinajstić information content (AvgIpc) is 2.63. The van der Waals surface area contributed by atoms with Crippen LogP contribution in [0.5, 0.6) is 5.75 Å². The molecule has 1 fully saturated rings. The van der Waals surface area contributed by atoms with Crippen molar-refractivity contribution in [1.82, 2.24) is 9.21 Å². The zero-order valence-electron chi connectivity index (χ0n) is 14.8. The van der Waals surface area contributed by atoms with E-state index in [2.05, 4.69) is 0 Å². The first-order chi connectivity index (χ1) is 12.7. The Morgan fingerprint density at radius 1 is 1.11 bits per heavy atom. The van der Waals surface area contributed by atoms with Crippen LogP contribution in [0.15, 0.2) is 24.3 Å². The van der Waals surface area contributed by atoms with Crippen LogP contribution in [-0.4, -0.2) is 81.1 Å². The van der Waals surface area contributed by atoms with E-state index in [0.717, 1.165) is 6.26 Å². The van der Waals surface area contributed by atoms with E-state index >= 15 is 0 Å². The van der Waals surface area contributed by atoms with Gasteiger partial charge in [0.15, 0.2) is 13.2 Å². The number of hydrogen-bond acceptors (Lipinski definition) is 7. The van der Waals surface area contributed by atoms with Gasteiger partial charge in [0, 0.05) is 26.2 Å². The van der Waals surface area contributed by atoms with Gasteiger partial charge in [-0.2, -0.15) is 4.31 Å². The molecule has 0 radical (unpaired) electrons. The van der Waals surface area contributed by atoms with E-state index in [-0.39, 0.29) is 44.1 Å². The summed E-state index contributed by atoms with van der Waals surface area (Å²) in [5.74, 6) is -1.50. The van der Waals surface area contributed by atoms with Crippen LogP contribution in [-0.2, 0) is 24.3 Å². The van der Waals surface area contributed by atoms with Gasteiger partial charge in [-0.05, 0) is 18.2 Å². The molecule has 1 aliphatic rings. The highest BCUT2D eigenvalue weighted by atomic mass is 32.2. The van der Waals surface area contributed by atoms with Crippen molar-refractivity contribution in [2.75, 3.05) is 45.6 Å². The molecule has 2 amide bonds. The minimum absolute atomic E-state index is 0.159. The fourth-order valence-electron chi connectivity index (χ4n) is 2.44. The van der Waals surface area contributed by atoms with E-state index in [1.807, 2.05) is 0 Å². The van der Waals surface area contributed by atoms with E-state index < -0.39 is 34.4 Å². The summed E-state index contributed by atoms with van der Waals surface area (Å²) in [6, 6.07) is 5.95. The Bertz CT molecular complexity index is 817. The number of carbonyl (C=O) groups excluding carboxylic acids is 3. The summed E-state index contributed by atoms with van der Waals surface area (Å²) in [6.07, 6.45) is 1.12. The van der Waals surface area contributed by atoms with Gasteiger partial charge in [-0.15, -0.1) is 0 Å². The highest BCUT2D eigenvalue weighted by Gasteiger charge is 2.26. The number of esters is 1. The average molecular weight is 399 g/mol. The number of nitrogens with two attached hydrogens (primary N) is 1. The summed E-state index contributed by atoms with van der Waals surface area (Å²) < 4.78 is 34.3. The van der Waals surface area contributed by atoms with Crippen LogP contribution in [0.1, 0.15) is 10.4 Å². The molecule has 27 heavy (non-hydrogen) atoms. The van der Waals surface area contributed by atoms with Crippen molar-refractivity contribution in [3.63, 3.8) is 0 Å². The summed E-state index contributed by atoms with van der Waals surface area (Å²) in [5, 5.41) is 0. The monoisotopic (exact) mass is 399 g/mol. The number of amides is 2. The molecule has 0 bridgehead atoms. The van der Waals surface area contributed by atoms with Gasteiger partial charge in [-0.25, -0.2) is 13.2 Å². The molecule has 0 aromatic heterocycles. The Hall–Kier alpha value is -2.66. The largest absolute Gasteiger partial charge is 0.484 e. The molecule has 0 aliphatic carbocycles. The third-order valence-electron chi connectivity index (χ3n) is 3.84. The van der Waals surface area contributed by atoms with Gasteiger partial charge in [-0.3, -0.25) is 9.59 Å². The Morgan fingerprint density at radius 3 is 2.37 bits per heavy atom.